The molecule has 1 amide bonds. The Balaban J connectivity index is 2.12. The fourth-order valence-electron chi connectivity index (χ4n) is 3.01. The number of carboxylic acid groups (broad SMARTS) is 1. The number of carbonyl (C=O) groups excluding carboxylic acids is 1. The molecular formula is C15H16BrN3O3. The van der Waals surface area contributed by atoms with E-state index < -0.39 is 12.0 Å². The second-order valence-electron chi connectivity index (χ2n) is 5.60. The second kappa shape index (κ2) is 5.39. The van der Waals surface area contributed by atoms with Crippen molar-refractivity contribution in [3.8, 4) is 0 Å². The number of likely N-dealkylation sites (tertiary alicyclic amines) is 1. The zero-order valence-electron chi connectivity index (χ0n) is 12.3. The number of rotatable bonds is 2. The van der Waals surface area contributed by atoms with E-state index in [-0.39, 0.29) is 5.91 Å². The summed E-state index contributed by atoms with van der Waals surface area (Å²) in [5, 5.41) is 9.28. The Kier molecular flexibility index (Phi) is 3.68. The van der Waals surface area contributed by atoms with E-state index in [9.17, 15) is 14.7 Å². The quantitative estimate of drug-likeness (QED) is 0.886. The summed E-state index contributed by atoms with van der Waals surface area (Å²) < 4.78 is 2.56. The van der Waals surface area contributed by atoms with Crippen LogP contribution in [0.3, 0.4) is 0 Å². The number of aromatic nitrogens is 2. The lowest BCUT2D eigenvalue weighted by atomic mass is 10.2. The molecule has 1 atom stereocenters. The molecule has 1 fully saturated rings. The van der Waals surface area contributed by atoms with Crippen LogP contribution >= 0.6 is 15.9 Å². The average Bonchev–Trinajstić information content (AvgIpc) is 3.02. The van der Waals surface area contributed by atoms with Crippen molar-refractivity contribution in [3.05, 3.63) is 33.7 Å². The molecule has 3 rings (SSSR count). The first kappa shape index (κ1) is 15.0. The van der Waals surface area contributed by atoms with Gasteiger partial charge < -0.3 is 10.0 Å². The van der Waals surface area contributed by atoms with Crippen molar-refractivity contribution in [3.63, 3.8) is 0 Å². The minimum atomic E-state index is -0.949. The van der Waals surface area contributed by atoms with E-state index in [0.29, 0.717) is 36.4 Å². The molecule has 0 saturated carbocycles. The number of imidazole rings is 1. The summed E-state index contributed by atoms with van der Waals surface area (Å²) in [6, 6.07) is 1.19. The highest BCUT2D eigenvalue weighted by atomic mass is 79.9. The number of hydrogen-bond donors (Lipinski definition) is 1. The van der Waals surface area contributed by atoms with Gasteiger partial charge in [-0.3, -0.25) is 9.20 Å². The highest BCUT2D eigenvalue weighted by molar-refractivity contribution is 9.10. The number of carboxylic acids is 1. The van der Waals surface area contributed by atoms with Crippen LogP contribution in [0.5, 0.6) is 0 Å². The van der Waals surface area contributed by atoms with Crippen molar-refractivity contribution in [1.29, 1.82) is 0 Å². The first-order chi connectivity index (χ1) is 10.4. The highest BCUT2D eigenvalue weighted by Crippen LogP contribution is 2.26. The van der Waals surface area contributed by atoms with Gasteiger partial charge in [-0.05, 0) is 54.2 Å². The third kappa shape index (κ3) is 2.29. The van der Waals surface area contributed by atoms with Gasteiger partial charge in [0, 0.05) is 12.7 Å². The van der Waals surface area contributed by atoms with Crippen LogP contribution in [0.4, 0.5) is 0 Å². The molecule has 0 aliphatic carbocycles. The van der Waals surface area contributed by atoms with Crippen LogP contribution in [-0.2, 0) is 4.79 Å². The summed E-state index contributed by atoms with van der Waals surface area (Å²) in [5.41, 5.74) is 2.69. The summed E-state index contributed by atoms with van der Waals surface area (Å²) in [5.74, 6) is -1.22. The SMILES string of the molecule is Cc1cc(Br)c2nc(C)c(C(=O)N3CCCC3C(=O)O)n2c1. The maximum absolute atomic E-state index is 12.9. The predicted octanol–water partition coefficient (Wildman–Crippen LogP) is 2.40. The number of fused-ring (bicyclic) bond motifs is 1. The lowest BCUT2D eigenvalue weighted by molar-refractivity contribution is -0.141. The second-order valence-corrected chi connectivity index (χ2v) is 6.45. The van der Waals surface area contributed by atoms with Gasteiger partial charge in [0.2, 0.25) is 0 Å². The molecule has 22 heavy (non-hydrogen) atoms. The van der Waals surface area contributed by atoms with Gasteiger partial charge in [-0.1, -0.05) is 0 Å². The molecule has 1 unspecified atom stereocenters. The van der Waals surface area contributed by atoms with Crippen LogP contribution in [0.1, 0.15) is 34.6 Å². The van der Waals surface area contributed by atoms with Gasteiger partial charge in [0.1, 0.15) is 11.7 Å². The minimum absolute atomic E-state index is 0.271. The molecular weight excluding hydrogens is 350 g/mol. The van der Waals surface area contributed by atoms with Crippen molar-refractivity contribution in [2.24, 2.45) is 0 Å². The molecule has 2 aromatic heterocycles. The van der Waals surface area contributed by atoms with Crippen molar-refractivity contribution < 1.29 is 14.7 Å². The maximum Gasteiger partial charge on any atom is 0.326 e. The largest absolute Gasteiger partial charge is 0.480 e. The van der Waals surface area contributed by atoms with Gasteiger partial charge in [-0.15, -0.1) is 0 Å². The van der Waals surface area contributed by atoms with Crippen LogP contribution < -0.4 is 0 Å². The number of carbonyl (C=O) groups is 2. The lowest BCUT2D eigenvalue weighted by Gasteiger charge is -2.21. The summed E-state index contributed by atoms with van der Waals surface area (Å²) in [4.78, 5) is 30.1. The van der Waals surface area contributed by atoms with Gasteiger partial charge in [0.05, 0.1) is 10.2 Å². The molecule has 1 aliphatic rings. The molecule has 3 heterocycles. The van der Waals surface area contributed by atoms with E-state index in [2.05, 4.69) is 20.9 Å². The number of amides is 1. The molecule has 6 nitrogen and oxygen atoms in total. The topological polar surface area (TPSA) is 74.9 Å². The Morgan fingerprint density at radius 3 is 2.82 bits per heavy atom. The van der Waals surface area contributed by atoms with E-state index in [1.54, 1.807) is 11.3 Å². The molecule has 0 spiro atoms. The molecule has 7 heteroatoms. The molecule has 116 valence electrons. The van der Waals surface area contributed by atoms with Crippen LogP contribution in [0.2, 0.25) is 0 Å². The molecule has 1 aliphatic heterocycles. The summed E-state index contributed by atoms with van der Waals surface area (Å²) in [6.07, 6.45) is 3.06. The molecule has 1 saturated heterocycles. The number of aryl methyl sites for hydroxylation is 2. The third-order valence-corrected chi connectivity index (χ3v) is 4.57. The van der Waals surface area contributed by atoms with Crippen LogP contribution in [0.25, 0.3) is 5.65 Å². The predicted molar refractivity (Wildman–Crippen MR) is 84.1 cm³/mol. The number of hydrogen-bond acceptors (Lipinski definition) is 3. The van der Waals surface area contributed by atoms with E-state index in [1.807, 2.05) is 19.2 Å². The number of halogens is 1. The Morgan fingerprint density at radius 1 is 1.41 bits per heavy atom. The fourth-order valence-corrected chi connectivity index (χ4v) is 3.65. The van der Waals surface area contributed by atoms with Gasteiger partial charge in [0.15, 0.2) is 5.65 Å². The van der Waals surface area contributed by atoms with Crippen molar-refractivity contribution >= 4 is 33.5 Å². The Hall–Kier alpha value is -1.89. The maximum atomic E-state index is 12.9. The standard InChI is InChI=1S/C15H16BrN3O3/c1-8-6-10(16)13-17-9(2)12(19(13)7-8)14(20)18-5-3-4-11(18)15(21)22/h6-7,11H,3-5H2,1-2H3,(H,21,22). The first-order valence-corrected chi connectivity index (χ1v) is 7.88. The monoisotopic (exact) mass is 365 g/mol. The molecule has 0 bridgehead atoms. The zero-order chi connectivity index (χ0) is 16.0. The number of nitrogens with zero attached hydrogens (tertiary/aromatic N) is 3. The average molecular weight is 366 g/mol. The lowest BCUT2D eigenvalue weighted by Crippen LogP contribution is -2.41. The third-order valence-electron chi connectivity index (χ3n) is 3.99. The number of pyridine rings is 1. The summed E-state index contributed by atoms with van der Waals surface area (Å²) >= 11 is 3.46. The van der Waals surface area contributed by atoms with Crippen LogP contribution in [0.15, 0.2) is 16.7 Å². The fraction of sp³-hybridized carbons (Fsp3) is 0.400. The van der Waals surface area contributed by atoms with Gasteiger partial charge in [0.25, 0.3) is 5.91 Å². The van der Waals surface area contributed by atoms with E-state index in [1.165, 1.54) is 4.90 Å². The number of aliphatic carboxylic acids is 1. The Bertz CT molecular complexity index is 784. The van der Waals surface area contributed by atoms with Crippen molar-refractivity contribution in [2.75, 3.05) is 6.54 Å². The highest BCUT2D eigenvalue weighted by Gasteiger charge is 2.36. The van der Waals surface area contributed by atoms with Crippen molar-refractivity contribution in [2.45, 2.75) is 32.7 Å². The van der Waals surface area contributed by atoms with E-state index in [0.717, 1.165) is 10.0 Å². The molecule has 1 N–H and O–H groups in total. The molecule has 2 aromatic rings. The van der Waals surface area contributed by atoms with Gasteiger partial charge in [-0.25, -0.2) is 9.78 Å². The Labute approximate surface area is 135 Å². The van der Waals surface area contributed by atoms with Crippen LogP contribution in [-0.4, -0.2) is 43.9 Å². The van der Waals surface area contributed by atoms with Crippen LogP contribution in [0, 0.1) is 13.8 Å². The van der Waals surface area contributed by atoms with Gasteiger partial charge in [-0.2, -0.15) is 0 Å². The first-order valence-electron chi connectivity index (χ1n) is 7.08. The normalized spacial score (nSPS) is 18.1. The summed E-state index contributed by atoms with van der Waals surface area (Å²) in [7, 11) is 0. The van der Waals surface area contributed by atoms with Crippen molar-refractivity contribution in [1.82, 2.24) is 14.3 Å². The molecule has 0 radical (unpaired) electrons. The van der Waals surface area contributed by atoms with Gasteiger partial charge >= 0.3 is 5.97 Å². The molecule has 0 aromatic carbocycles. The van der Waals surface area contributed by atoms with E-state index >= 15 is 0 Å². The minimum Gasteiger partial charge on any atom is -0.480 e. The zero-order valence-corrected chi connectivity index (χ0v) is 13.9. The van der Waals surface area contributed by atoms with E-state index in [4.69, 9.17) is 0 Å². The smallest absolute Gasteiger partial charge is 0.326 e. The summed E-state index contributed by atoms with van der Waals surface area (Å²) in [6.45, 7) is 4.17. The Morgan fingerprint density at radius 2 is 2.14 bits per heavy atom.